The molecule has 0 fully saturated rings. The highest BCUT2D eigenvalue weighted by Crippen LogP contribution is 2.23. The number of nitriles is 1. The lowest BCUT2D eigenvalue weighted by molar-refractivity contribution is 0.0697. The minimum absolute atomic E-state index is 0.0157. The van der Waals surface area contributed by atoms with Crippen LogP contribution in [0.5, 0.6) is 0 Å². The fourth-order valence-corrected chi connectivity index (χ4v) is 1.40. The molecule has 1 aromatic carbocycles. The Hall–Kier alpha value is -1.18. The van der Waals surface area contributed by atoms with Gasteiger partial charge in [0.25, 0.3) is 0 Å². The number of hydrogen-bond donors (Lipinski definition) is 1. The molecule has 1 N–H and O–H groups in total. The summed E-state index contributed by atoms with van der Waals surface area (Å²) in [4.78, 5) is 11.2. The van der Waals surface area contributed by atoms with Gasteiger partial charge in [0, 0.05) is 4.90 Å². The van der Waals surface area contributed by atoms with Gasteiger partial charge >= 0.3 is 5.97 Å². The van der Waals surface area contributed by atoms with E-state index in [0.29, 0.717) is 4.90 Å². The molecule has 0 aliphatic rings. The Balaban J connectivity index is 3.13. The van der Waals surface area contributed by atoms with Crippen molar-refractivity contribution >= 4 is 29.3 Å². The Bertz CT molecular complexity index is 386. The molecule has 0 unspecified atom stereocenters. The molecule has 1 rings (SSSR count). The smallest absolute Gasteiger partial charge is 0.337 e. The number of halogens is 1. The molecule has 13 heavy (non-hydrogen) atoms. The molecular formula is C8H4ClNO2S. The van der Waals surface area contributed by atoms with Crippen LogP contribution in [0.4, 0.5) is 0 Å². The molecule has 66 valence electrons. The van der Waals surface area contributed by atoms with Gasteiger partial charge in [-0.2, -0.15) is 5.26 Å². The van der Waals surface area contributed by atoms with E-state index in [9.17, 15) is 4.79 Å². The second-order valence-corrected chi connectivity index (χ2v) is 3.41. The molecule has 0 spiro atoms. The van der Waals surface area contributed by atoms with Crippen molar-refractivity contribution in [3.8, 4) is 5.40 Å². The summed E-state index contributed by atoms with van der Waals surface area (Å²) in [6, 6.07) is 4.44. The van der Waals surface area contributed by atoms with Gasteiger partial charge in [0.2, 0.25) is 0 Å². The minimum Gasteiger partial charge on any atom is -0.478 e. The van der Waals surface area contributed by atoms with Crippen molar-refractivity contribution in [1.82, 2.24) is 0 Å². The van der Waals surface area contributed by atoms with Crippen molar-refractivity contribution in [3.63, 3.8) is 0 Å². The van der Waals surface area contributed by atoms with Crippen LogP contribution < -0.4 is 0 Å². The lowest BCUT2D eigenvalue weighted by atomic mass is 10.2. The van der Waals surface area contributed by atoms with Crippen LogP contribution in [0.2, 0.25) is 5.02 Å². The molecular weight excluding hydrogens is 210 g/mol. The number of thiocyanates is 1. The summed E-state index contributed by atoms with van der Waals surface area (Å²) in [6.07, 6.45) is 0. The fraction of sp³-hybridized carbons (Fsp3) is 0. The maximum atomic E-state index is 10.6. The highest BCUT2D eigenvalue weighted by atomic mass is 35.5. The molecule has 0 atom stereocenters. The van der Waals surface area contributed by atoms with Crippen LogP contribution in [-0.2, 0) is 0 Å². The van der Waals surface area contributed by atoms with Gasteiger partial charge in [-0.25, -0.2) is 4.79 Å². The molecule has 0 radical (unpaired) electrons. The third-order valence-corrected chi connectivity index (χ3v) is 2.24. The molecule has 0 aliphatic carbocycles. The van der Waals surface area contributed by atoms with E-state index >= 15 is 0 Å². The van der Waals surface area contributed by atoms with Gasteiger partial charge in [-0.3, -0.25) is 0 Å². The van der Waals surface area contributed by atoms with E-state index in [2.05, 4.69) is 0 Å². The van der Waals surface area contributed by atoms with Crippen LogP contribution in [0.15, 0.2) is 23.1 Å². The normalized spacial score (nSPS) is 9.23. The number of carbonyl (C=O) groups is 1. The SMILES string of the molecule is N#CSc1ccc(Cl)c(C(=O)O)c1. The Labute approximate surface area is 83.9 Å². The maximum absolute atomic E-state index is 10.6. The summed E-state index contributed by atoms with van der Waals surface area (Å²) >= 11 is 6.52. The number of hydrogen-bond acceptors (Lipinski definition) is 3. The highest BCUT2D eigenvalue weighted by molar-refractivity contribution is 8.03. The Morgan fingerprint density at radius 3 is 2.85 bits per heavy atom. The van der Waals surface area contributed by atoms with Gasteiger partial charge in [0.15, 0.2) is 0 Å². The standard InChI is InChI=1S/C8H4ClNO2S/c9-7-2-1-5(13-4-10)3-6(7)8(11)12/h1-3H,(H,11,12). The number of aromatic carboxylic acids is 1. The van der Waals surface area contributed by atoms with E-state index in [1.54, 1.807) is 6.07 Å². The Morgan fingerprint density at radius 2 is 2.31 bits per heavy atom. The average molecular weight is 214 g/mol. The van der Waals surface area contributed by atoms with Crippen LogP contribution >= 0.6 is 23.4 Å². The zero-order chi connectivity index (χ0) is 9.84. The first-order chi connectivity index (χ1) is 6.15. The van der Waals surface area contributed by atoms with Gasteiger partial charge < -0.3 is 5.11 Å². The van der Waals surface area contributed by atoms with E-state index in [4.69, 9.17) is 22.0 Å². The van der Waals surface area contributed by atoms with E-state index in [1.165, 1.54) is 12.1 Å². The zero-order valence-electron chi connectivity index (χ0n) is 6.32. The number of rotatable bonds is 2. The highest BCUT2D eigenvalue weighted by Gasteiger charge is 2.09. The Kier molecular flexibility index (Phi) is 3.18. The van der Waals surface area contributed by atoms with E-state index in [-0.39, 0.29) is 10.6 Å². The minimum atomic E-state index is -1.09. The molecule has 0 heterocycles. The topological polar surface area (TPSA) is 61.1 Å². The van der Waals surface area contributed by atoms with Crippen LogP contribution in [0.25, 0.3) is 0 Å². The number of carboxylic acid groups (broad SMARTS) is 1. The van der Waals surface area contributed by atoms with Crippen molar-refractivity contribution in [1.29, 1.82) is 5.26 Å². The van der Waals surface area contributed by atoms with Gasteiger partial charge in [0.05, 0.1) is 10.6 Å². The molecule has 0 bridgehead atoms. The largest absolute Gasteiger partial charge is 0.478 e. The molecule has 5 heteroatoms. The van der Waals surface area contributed by atoms with Crippen LogP contribution in [0.3, 0.4) is 0 Å². The number of benzene rings is 1. The lowest BCUT2D eigenvalue weighted by Gasteiger charge is -1.99. The third-order valence-electron chi connectivity index (χ3n) is 1.33. The van der Waals surface area contributed by atoms with Crippen LogP contribution in [-0.4, -0.2) is 11.1 Å². The van der Waals surface area contributed by atoms with Crippen molar-refractivity contribution in [2.75, 3.05) is 0 Å². The van der Waals surface area contributed by atoms with Crippen LogP contribution in [0, 0.1) is 10.7 Å². The quantitative estimate of drug-likeness (QED) is 0.606. The van der Waals surface area contributed by atoms with Crippen molar-refractivity contribution in [2.45, 2.75) is 4.90 Å². The molecule has 0 saturated carbocycles. The first-order valence-corrected chi connectivity index (χ1v) is 4.43. The van der Waals surface area contributed by atoms with Gasteiger partial charge in [-0.1, -0.05) is 11.6 Å². The van der Waals surface area contributed by atoms with Crippen molar-refractivity contribution in [2.24, 2.45) is 0 Å². The molecule has 0 amide bonds. The fourth-order valence-electron chi connectivity index (χ4n) is 0.784. The van der Waals surface area contributed by atoms with E-state index in [1.807, 2.05) is 5.40 Å². The molecule has 0 aliphatic heterocycles. The summed E-state index contributed by atoms with van der Waals surface area (Å²) in [5.74, 6) is -1.09. The second kappa shape index (κ2) is 4.17. The zero-order valence-corrected chi connectivity index (χ0v) is 7.89. The first kappa shape index (κ1) is 9.90. The molecule has 3 nitrogen and oxygen atoms in total. The number of carboxylic acids is 1. The van der Waals surface area contributed by atoms with E-state index < -0.39 is 5.97 Å². The molecule has 1 aromatic rings. The monoisotopic (exact) mass is 213 g/mol. The second-order valence-electron chi connectivity index (χ2n) is 2.14. The molecule has 0 saturated heterocycles. The average Bonchev–Trinajstić information content (AvgIpc) is 2.08. The van der Waals surface area contributed by atoms with E-state index in [0.717, 1.165) is 11.8 Å². The first-order valence-electron chi connectivity index (χ1n) is 3.24. The van der Waals surface area contributed by atoms with Gasteiger partial charge in [0.1, 0.15) is 5.40 Å². The predicted octanol–water partition coefficient (Wildman–Crippen LogP) is 2.61. The summed E-state index contributed by atoms with van der Waals surface area (Å²) < 4.78 is 0. The van der Waals surface area contributed by atoms with Gasteiger partial charge in [-0.15, -0.1) is 0 Å². The number of nitrogens with zero attached hydrogens (tertiary/aromatic N) is 1. The summed E-state index contributed by atoms with van der Waals surface area (Å²) in [5, 5.41) is 19.1. The summed E-state index contributed by atoms with van der Waals surface area (Å²) in [6.45, 7) is 0. The van der Waals surface area contributed by atoms with Crippen molar-refractivity contribution < 1.29 is 9.90 Å². The van der Waals surface area contributed by atoms with Gasteiger partial charge in [-0.05, 0) is 30.0 Å². The summed E-state index contributed by atoms with van der Waals surface area (Å²) in [5.41, 5.74) is 0.0157. The third kappa shape index (κ3) is 2.38. The molecule has 0 aromatic heterocycles. The number of thioether (sulfide) groups is 1. The maximum Gasteiger partial charge on any atom is 0.337 e. The predicted molar refractivity (Wildman–Crippen MR) is 49.9 cm³/mol. The summed E-state index contributed by atoms with van der Waals surface area (Å²) in [7, 11) is 0. The lowest BCUT2D eigenvalue weighted by Crippen LogP contribution is -1.96. The Morgan fingerprint density at radius 1 is 1.62 bits per heavy atom. The van der Waals surface area contributed by atoms with Crippen LogP contribution in [0.1, 0.15) is 10.4 Å². The van der Waals surface area contributed by atoms with Crippen molar-refractivity contribution in [3.05, 3.63) is 28.8 Å².